The number of carbonyl (C=O) groups is 1. The molecule has 2 amide bonds. The molecule has 1 fully saturated rings. The summed E-state index contributed by atoms with van der Waals surface area (Å²) in [6, 6.07) is 9.54. The molecule has 10 heteroatoms. The van der Waals surface area contributed by atoms with E-state index >= 15 is 0 Å². The molecule has 5 rings (SSSR count). The maximum absolute atomic E-state index is 14.2. The second-order valence-corrected chi connectivity index (χ2v) is 7.67. The number of rotatable bonds is 4. The van der Waals surface area contributed by atoms with Gasteiger partial charge in [0, 0.05) is 29.5 Å². The molecule has 7 nitrogen and oxygen atoms in total. The molecule has 2 aromatic carbocycles. The average molecular weight is 452 g/mol. The summed E-state index contributed by atoms with van der Waals surface area (Å²) in [5.74, 6) is -1.78. The summed E-state index contributed by atoms with van der Waals surface area (Å²) >= 11 is 0. The third-order valence-corrected chi connectivity index (χ3v) is 5.53. The SMILES string of the molecule is N#Cc1cc(F)cc(Oc2ccc(NC(=O)NC3C4COc5c(F)ccc(F)c5C43)nc2)c1. The van der Waals surface area contributed by atoms with E-state index in [0.29, 0.717) is 0 Å². The second-order valence-electron chi connectivity index (χ2n) is 7.67. The number of hydrogen-bond acceptors (Lipinski definition) is 5. The minimum absolute atomic E-state index is 0.0987. The fourth-order valence-corrected chi connectivity index (χ4v) is 4.00. The lowest BCUT2D eigenvalue weighted by Gasteiger charge is -2.16. The van der Waals surface area contributed by atoms with Crippen molar-refractivity contribution in [1.29, 1.82) is 5.26 Å². The van der Waals surface area contributed by atoms with Crippen molar-refractivity contribution in [3.05, 3.63) is 77.2 Å². The summed E-state index contributed by atoms with van der Waals surface area (Å²) < 4.78 is 52.5. The number of anilines is 1. The van der Waals surface area contributed by atoms with Gasteiger partial charge >= 0.3 is 6.03 Å². The van der Waals surface area contributed by atoms with Crippen LogP contribution in [0, 0.1) is 34.7 Å². The third kappa shape index (κ3) is 4.01. The average Bonchev–Trinajstić information content (AvgIpc) is 3.49. The Hall–Kier alpha value is -4.26. The van der Waals surface area contributed by atoms with Gasteiger partial charge in [-0.1, -0.05) is 0 Å². The lowest BCUT2D eigenvalue weighted by Crippen LogP contribution is -2.32. The van der Waals surface area contributed by atoms with Crippen LogP contribution >= 0.6 is 0 Å². The van der Waals surface area contributed by atoms with Crippen LogP contribution in [0.4, 0.5) is 23.8 Å². The van der Waals surface area contributed by atoms with Crippen molar-refractivity contribution < 1.29 is 27.4 Å². The van der Waals surface area contributed by atoms with E-state index in [1.54, 1.807) is 0 Å². The van der Waals surface area contributed by atoms with E-state index in [1.165, 1.54) is 24.4 Å². The van der Waals surface area contributed by atoms with E-state index in [9.17, 15) is 18.0 Å². The van der Waals surface area contributed by atoms with Crippen LogP contribution in [0.25, 0.3) is 0 Å². The molecule has 2 heterocycles. The van der Waals surface area contributed by atoms with Gasteiger partial charge < -0.3 is 14.8 Å². The fraction of sp³-hybridized carbons (Fsp3) is 0.174. The zero-order chi connectivity index (χ0) is 23.1. The first-order valence-electron chi connectivity index (χ1n) is 9.96. The zero-order valence-corrected chi connectivity index (χ0v) is 16.8. The number of urea groups is 1. The third-order valence-electron chi connectivity index (χ3n) is 5.53. The number of fused-ring (bicyclic) bond motifs is 3. The molecule has 1 aliphatic heterocycles. The molecule has 33 heavy (non-hydrogen) atoms. The molecule has 3 aromatic rings. The minimum Gasteiger partial charge on any atom is -0.490 e. The molecular weight excluding hydrogens is 437 g/mol. The van der Waals surface area contributed by atoms with Gasteiger partial charge in [-0.15, -0.1) is 0 Å². The van der Waals surface area contributed by atoms with Gasteiger partial charge in [-0.3, -0.25) is 5.32 Å². The Morgan fingerprint density at radius 3 is 2.70 bits per heavy atom. The van der Waals surface area contributed by atoms with Crippen LogP contribution in [0.5, 0.6) is 17.2 Å². The van der Waals surface area contributed by atoms with Crippen molar-refractivity contribution in [3.8, 4) is 23.3 Å². The van der Waals surface area contributed by atoms with Gasteiger partial charge in [-0.25, -0.2) is 22.9 Å². The van der Waals surface area contributed by atoms with Crippen molar-refractivity contribution in [2.75, 3.05) is 11.9 Å². The molecule has 1 aliphatic carbocycles. The van der Waals surface area contributed by atoms with Crippen molar-refractivity contribution in [2.24, 2.45) is 5.92 Å². The normalized spacial score (nSPS) is 19.9. The van der Waals surface area contributed by atoms with Gasteiger partial charge in [0.15, 0.2) is 11.6 Å². The first-order valence-corrected chi connectivity index (χ1v) is 9.96. The van der Waals surface area contributed by atoms with E-state index in [1.807, 2.05) is 6.07 Å². The summed E-state index contributed by atoms with van der Waals surface area (Å²) in [7, 11) is 0. The number of amides is 2. The van der Waals surface area contributed by atoms with Crippen molar-refractivity contribution in [3.63, 3.8) is 0 Å². The highest BCUT2D eigenvalue weighted by Crippen LogP contribution is 2.55. The van der Waals surface area contributed by atoms with Crippen LogP contribution in [0.2, 0.25) is 0 Å². The standard InChI is InChI=1S/C23H15F3N4O3/c24-12-5-11(8-27)6-14(7-12)33-13-1-4-18(28-9-13)29-23(31)30-21-15-10-32-22-17(26)3-2-16(25)20(22)19(15)21/h1-7,9,15,19,21H,10H2,(H2,28,29,30,31). The first kappa shape index (κ1) is 20.6. The van der Waals surface area contributed by atoms with Gasteiger partial charge in [0.05, 0.1) is 24.4 Å². The van der Waals surface area contributed by atoms with E-state index in [4.69, 9.17) is 14.7 Å². The molecule has 1 saturated carbocycles. The first-order chi connectivity index (χ1) is 15.9. The molecule has 2 N–H and O–H groups in total. The van der Waals surface area contributed by atoms with Crippen molar-refractivity contribution in [2.45, 2.75) is 12.0 Å². The van der Waals surface area contributed by atoms with E-state index < -0.39 is 29.5 Å². The summed E-state index contributed by atoms with van der Waals surface area (Å²) in [6.45, 7) is 0.181. The Kier molecular flexibility index (Phi) is 5.01. The molecule has 0 bridgehead atoms. The Bertz CT molecular complexity index is 1290. The van der Waals surface area contributed by atoms with E-state index in [0.717, 1.165) is 24.3 Å². The lowest BCUT2D eigenvalue weighted by molar-refractivity contribution is 0.247. The van der Waals surface area contributed by atoms with Crippen molar-refractivity contribution >= 4 is 11.8 Å². The number of benzene rings is 2. The summed E-state index contributed by atoms with van der Waals surface area (Å²) in [6.07, 6.45) is 1.33. The van der Waals surface area contributed by atoms with Crippen LogP contribution in [0.1, 0.15) is 17.0 Å². The largest absolute Gasteiger partial charge is 0.490 e. The van der Waals surface area contributed by atoms with Crippen LogP contribution in [-0.4, -0.2) is 23.7 Å². The molecular formula is C23H15F3N4O3. The Morgan fingerprint density at radius 2 is 1.94 bits per heavy atom. The smallest absolute Gasteiger partial charge is 0.320 e. The Morgan fingerprint density at radius 1 is 1.12 bits per heavy atom. The van der Waals surface area contributed by atoms with E-state index in [-0.39, 0.29) is 52.6 Å². The predicted octanol–water partition coefficient (Wildman–Crippen LogP) is 4.46. The van der Waals surface area contributed by atoms with Crippen LogP contribution in [0.3, 0.4) is 0 Å². The molecule has 166 valence electrons. The number of hydrogen-bond donors (Lipinski definition) is 2. The maximum Gasteiger partial charge on any atom is 0.320 e. The highest BCUT2D eigenvalue weighted by molar-refractivity contribution is 5.89. The van der Waals surface area contributed by atoms with Gasteiger partial charge in [0.25, 0.3) is 0 Å². The van der Waals surface area contributed by atoms with Gasteiger partial charge in [-0.05, 0) is 36.4 Å². The van der Waals surface area contributed by atoms with Crippen molar-refractivity contribution in [1.82, 2.24) is 10.3 Å². The summed E-state index contributed by atoms with van der Waals surface area (Å²) in [4.78, 5) is 16.4. The van der Waals surface area contributed by atoms with Gasteiger partial charge in [0.2, 0.25) is 0 Å². The second kappa shape index (κ2) is 8.02. The molecule has 0 saturated heterocycles. The molecule has 3 unspecified atom stereocenters. The number of nitrogens with zero attached hydrogens (tertiary/aromatic N) is 2. The Balaban J connectivity index is 1.21. The monoisotopic (exact) mass is 452 g/mol. The number of nitrogens with one attached hydrogen (secondary N) is 2. The number of carbonyl (C=O) groups excluding carboxylic acids is 1. The molecule has 3 atom stereocenters. The lowest BCUT2D eigenvalue weighted by atomic mass is 10.0. The van der Waals surface area contributed by atoms with E-state index in [2.05, 4.69) is 15.6 Å². The highest BCUT2D eigenvalue weighted by atomic mass is 19.1. The van der Waals surface area contributed by atoms with Gasteiger partial charge in [-0.2, -0.15) is 5.26 Å². The summed E-state index contributed by atoms with van der Waals surface area (Å²) in [5.41, 5.74) is 0.261. The fourth-order valence-electron chi connectivity index (χ4n) is 4.00. The summed E-state index contributed by atoms with van der Waals surface area (Å²) in [5, 5.41) is 14.2. The molecule has 2 aliphatic rings. The molecule has 0 spiro atoms. The van der Waals surface area contributed by atoms with Gasteiger partial charge in [0.1, 0.15) is 29.0 Å². The topological polar surface area (TPSA) is 96.3 Å². The molecule has 0 radical (unpaired) electrons. The maximum atomic E-state index is 14.2. The number of halogens is 3. The van der Waals surface area contributed by atoms with Crippen LogP contribution in [0.15, 0.2) is 48.7 Å². The minimum atomic E-state index is -0.631. The Labute approximate surface area is 185 Å². The predicted molar refractivity (Wildman–Crippen MR) is 109 cm³/mol. The zero-order valence-electron chi connectivity index (χ0n) is 16.8. The molecule has 1 aromatic heterocycles. The number of nitriles is 1. The quantitative estimate of drug-likeness (QED) is 0.610. The number of pyridine rings is 1. The number of ether oxygens (including phenoxy) is 2. The van der Waals surface area contributed by atoms with Crippen LogP contribution < -0.4 is 20.1 Å². The number of aromatic nitrogens is 1. The van der Waals surface area contributed by atoms with Crippen LogP contribution in [-0.2, 0) is 0 Å². The highest BCUT2D eigenvalue weighted by Gasteiger charge is 2.57.